The fourth-order valence-corrected chi connectivity index (χ4v) is 11.2. The summed E-state index contributed by atoms with van der Waals surface area (Å²) >= 11 is 1.56. The van der Waals surface area contributed by atoms with Gasteiger partial charge in [-0.05, 0) is 71.9 Å². The summed E-state index contributed by atoms with van der Waals surface area (Å²) in [5, 5.41) is 21.7. The van der Waals surface area contributed by atoms with E-state index in [0.29, 0.717) is 62.8 Å². The average molecular weight is 993 g/mol. The van der Waals surface area contributed by atoms with Crippen molar-refractivity contribution < 1.29 is 37.8 Å². The smallest absolute Gasteiger partial charge is 0.264 e. The third-order valence-corrected chi connectivity index (χ3v) is 15.2. The highest BCUT2D eigenvalue weighted by molar-refractivity contribution is 7.13. The Morgan fingerprint density at radius 1 is 1.00 bits per heavy atom. The van der Waals surface area contributed by atoms with Crippen molar-refractivity contribution in [2.24, 2.45) is 11.3 Å². The molecule has 71 heavy (non-hydrogen) atoms. The van der Waals surface area contributed by atoms with Crippen molar-refractivity contribution in [2.75, 3.05) is 37.7 Å². The molecule has 4 atom stereocenters. The Morgan fingerprint density at radius 2 is 1.73 bits per heavy atom. The number of halogens is 2. The maximum absolute atomic E-state index is 15.2. The molecule has 3 N–H and O–H groups in total. The van der Waals surface area contributed by atoms with Gasteiger partial charge in [-0.25, -0.2) is 23.7 Å². The van der Waals surface area contributed by atoms with Crippen LogP contribution in [0, 0.1) is 18.3 Å². The Morgan fingerprint density at radius 3 is 2.39 bits per heavy atom. The number of likely N-dealkylation sites (tertiary alicyclic amines) is 1. The van der Waals surface area contributed by atoms with Crippen LogP contribution in [0.3, 0.4) is 0 Å². The van der Waals surface area contributed by atoms with Crippen LogP contribution in [0.1, 0.15) is 106 Å². The summed E-state index contributed by atoms with van der Waals surface area (Å²) in [5.74, 6) is -0.527. The second kappa shape index (κ2) is 20.5. The zero-order valence-corrected chi connectivity index (χ0v) is 41.9. The number of nitrogens with zero attached hydrogens (tertiary/aromatic N) is 8. The fourth-order valence-electron chi connectivity index (χ4n) is 10.4. The third kappa shape index (κ3) is 10.6. The predicted molar refractivity (Wildman–Crippen MR) is 264 cm³/mol. The number of β-amino-alcohol motifs (C(OH)–C–C–N with tert-alkyl or cyclic N) is 1. The van der Waals surface area contributed by atoms with Crippen LogP contribution in [-0.4, -0.2) is 114 Å². The number of hydrogen-bond donors (Lipinski definition) is 3. The summed E-state index contributed by atoms with van der Waals surface area (Å²) in [6.45, 7) is 14.0. The highest BCUT2D eigenvalue weighted by Gasteiger charge is 2.45. The highest BCUT2D eigenvalue weighted by Crippen LogP contribution is 2.44. The van der Waals surface area contributed by atoms with E-state index in [1.54, 1.807) is 56.7 Å². The van der Waals surface area contributed by atoms with Gasteiger partial charge in [-0.1, -0.05) is 52.0 Å². The SMILES string of the molecule is CC(=O)N1CCc2c(c(N3C[C@H](C)Cc4cc(-c5cnc(CC(=O)N[C@H](C(=O)N6C[C@H](O)C[C@H]6C(=O)NCc6ccc(-c7scnc7C)cc6)C(C)(C)C)nc5)c(C(F)F)cc43)nn2C2CCOCC2)C1. The van der Waals surface area contributed by atoms with E-state index in [4.69, 9.17) is 9.84 Å². The van der Waals surface area contributed by atoms with Gasteiger partial charge in [0.05, 0.1) is 41.2 Å². The topological polar surface area (TPSA) is 188 Å². The van der Waals surface area contributed by atoms with Crippen LogP contribution in [0.2, 0.25) is 0 Å². The summed E-state index contributed by atoms with van der Waals surface area (Å²) in [5.41, 5.74) is 7.85. The minimum Gasteiger partial charge on any atom is -0.391 e. The number of anilines is 2. The number of aromatic nitrogens is 5. The molecule has 7 heterocycles. The lowest BCUT2D eigenvalue weighted by molar-refractivity contribution is -0.144. The van der Waals surface area contributed by atoms with Gasteiger partial charge in [-0.2, -0.15) is 5.10 Å². The molecule has 0 unspecified atom stereocenters. The van der Waals surface area contributed by atoms with Gasteiger partial charge >= 0.3 is 0 Å². The number of rotatable bonds is 12. The number of hydrogen-bond acceptors (Lipinski definition) is 12. The molecule has 0 spiro atoms. The lowest BCUT2D eigenvalue weighted by Crippen LogP contribution is -2.58. The summed E-state index contributed by atoms with van der Waals surface area (Å²) in [6, 6.07) is 9.26. The Hall–Kier alpha value is -6.18. The van der Waals surface area contributed by atoms with Crippen LogP contribution in [0.5, 0.6) is 0 Å². The van der Waals surface area contributed by atoms with Crippen LogP contribution in [-0.2, 0) is 56.3 Å². The number of carbonyl (C=O) groups excluding carboxylic acids is 4. The molecule has 4 amide bonds. The van der Waals surface area contributed by atoms with Crippen molar-refractivity contribution in [1.29, 1.82) is 0 Å². The van der Waals surface area contributed by atoms with Crippen molar-refractivity contribution in [3.05, 3.63) is 93.8 Å². The third-order valence-electron chi connectivity index (χ3n) is 14.2. The van der Waals surface area contributed by atoms with Crippen LogP contribution in [0.15, 0.2) is 54.3 Å². The van der Waals surface area contributed by atoms with Crippen molar-refractivity contribution in [1.82, 2.24) is 45.2 Å². The number of alkyl halides is 2. The molecule has 19 heteroatoms. The monoisotopic (exact) mass is 992 g/mol. The number of benzene rings is 2. The first-order valence-corrected chi connectivity index (χ1v) is 25.3. The average Bonchev–Trinajstić information content (AvgIpc) is 4.08. The molecule has 9 rings (SSSR count). The van der Waals surface area contributed by atoms with E-state index >= 15 is 8.78 Å². The number of thiazole rings is 1. The van der Waals surface area contributed by atoms with Crippen molar-refractivity contribution in [3.8, 4) is 21.6 Å². The largest absolute Gasteiger partial charge is 0.391 e. The Labute approximate surface area is 416 Å². The Bertz CT molecular complexity index is 2790. The number of fused-ring (bicyclic) bond motifs is 2. The van der Waals surface area contributed by atoms with Gasteiger partial charge in [0.25, 0.3) is 6.43 Å². The molecule has 2 saturated heterocycles. The normalized spacial score (nSPS) is 19.9. The first kappa shape index (κ1) is 49.8. The van der Waals surface area contributed by atoms with E-state index in [0.717, 1.165) is 51.4 Å². The second-order valence-corrected chi connectivity index (χ2v) is 21.4. The highest BCUT2D eigenvalue weighted by atomic mass is 32.1. The minimum absolute atomic E-state index is 0.0248. The molecule has 2 aromatic carbocycles. The van der Waals surface area contributed by atoms with Crippen molar-refractivity contribution in [2.45, 2.75) is 124 Å². The lowest BCUT2D eigenvalue weighted by atomic mass is 9.85. The summed E-state index contributed by atoms with van der Waals surface area (Å²) in [7, 11) is 0. The lowest BCUT2D eigenvalue weighted by Gasteiger charge is -2.36. The van der Waals surface area contributed by atoms with Crippen molar-refractivity contribution >= 4 is 46.5 Å². The number of aliphatic hydroxyl groups is 1. The van der Waals surface area contributed by atoms with Gasteiger partial charge in [-0.3, -0.25) is 23.9 Å². The van der Waals surface area contributed by atoms with Gasteiger partial charge in [0.1, 0.15) is 17.9 Å². The number of aryl methyl sites for hydroxylation is 1. The number of nitrogens with one attached hydrogen (secondary N) is 2. The van der Waals surface area contributed by atoms with E-state index in [-0.39, 0.29) is 60.7 Å². The summed E-state index contributed by atoms with van der Waals surface area (Å²) in [4.78, 5) is 73.6. The van der Waals surface area contributed by atoms with Gasteiger partial charge < -0.3 is 35.2 Å². The fraction of sp³-hybridized carbons (Fsp3) is 0.500. The van der Waals surface area contributed by atoms with E-state index < -0.39 is 47.7 Å². The molecule has 0 saturated carbocycles. The second-order valence-electron chi connectivity index (χ2n) is 20.5. The van der Waals surface area contributed by atoms with Gasteiger partial charge in [-0.15, -0.1) is 11.3 Å². The van der Waals surface area contributed by atoms with E-state index in [9.17, 15) is 24.3 Å². The molecule has 0 aliphatic carbocycles. The first-order chi connectivity index (χ1) is 33.9. The molecule has 0 bridgehead atoms. The molecule has 2 fully saturated rings. The van der Waals surface area contributed by atoms with E-state index in [1.165, 1.54) is 17.3 Å². The van der Waals surface area contributed by atoms with Gasteiger partial charge in [0.15, 0.2) is 5.82 Å². The van der Waals surface area contributed by atoms with Crippen LogP contribution < -0.4 is 15.5 Å². The molecule has 4 aliphatic rings. The zero-order chi connectivity index (χ0) is 50.3. The Balaban J connectivity index is 0.895. The Kier molecular flexibility index (Phi) is 14.4. The molecular weight excluding hydrogens is 931 g/mol. The number of ether oxygens (including phenoxy) is 1. The molecule has 0 radical (unpaired) electrons. The molecule has 3 aromatic heterocycles. The quantitative estimate of drug-likeness (QED) is 0.122. The molecule has 16 nitrogen and oxygen atoms in total. The van der Waals surface area contributed by atoms with Gasteiger partial charge in [0.2, 0.25) is 23.6 Å². The molecule has 4 aliphatic heterocycles. The van der Waals surface area contributed by atoms with E-state index in [1.807, 2.05) is 36.1 Å². The number of aliphatic hydroxyl groups excluding tert-OH is 1. The van der Waals surface area contributed by atoms with Crippen LogP contribution in [0.4, 0.5) is 20.3 Å². The summed E-state index contributed by atoms with van der Waals surface area (Å²) in [6.07, 6.45) is 1.78. The molecule has 5 aromatic rings. The molecular formula is C52H62F2N10O6S. The number of amides is 4. The van der Waals surface area contributed by atoms with Crippen LogP contribution in [0.25, 0.3) is 21.6 Å². The molecule has 376 valence electrons. The maximum Gasteiger partial charge on any atom is 0.264 e. The first-order valence-electron chi connectivity index (χ1n) is 24.5. The standard InChI is InChI=1S/C52H62F2N10O6S/c1-29-17-34-18-38(39(48(53)54)20-42(34)62(25-29)49-40-27-61(31(3)65)14-11-41(40)64(60-49)36-12-15-70-16-13-36)35-23-55-44(56-24-35)21-45(67)59-47(52(4,5)6)51(69)63-26-37(66)19-43(63)50(68)57-22-32-7-9-33(10-8-32)46-30(2)58-28-71-46/h7-10,18,20,23-24,28-29,36-37,43,47-48,66H,11-17,19,21-22,25-27H2,1-6H3,(H,57,68)(H,59,67)/t29-,37-,43+,47-/m1/s1. The maximum atomic E-state index is 15.2. The zero-order valence-electron chi connectivity index (χ0n) is 41.1. The predicted octanol–water partition coefficient (Wildman–Crippen LogP) is 6.65. The van der Waals surface area contributed by atoms with Gasteiger partial charge in [0, 0.05) is 99.6 Å². The summed E-state index contributed by atoms with van der Waals surface area (Å²) < 4.78 is 38.2. The van der Waals surface area contributed by atoms with E-state index in [2.05, 4.69) is 42.1 Å². The van der Waals surface area contributed by atoms with Crippen molar-refractivity contribution in [3.63, 3.8) is 0 Å². The minimum atomic E-state index is -2.84. The number of carbonyl (C=O) groups is 4. The van der Waals surface area contributed by atoms with Crippen LogP contribution >= 0.6 is 11.3 Å².